The molecular formula is C21H23FN4O2. The lowest BCUT2D eigenvalue weighted by atomic mass is 10.1. The van der Waals surface area contributed by atoms with E-state index < -0.39 is 0 Å². The van der Waals surface area contributed by atoms with Gasteiger partial charge < -0.3 is 10.1 Å². The van der Waals surface area contributed by atoms with E-state index in [1.807, 2.05) is 32.0 Å². The largest absolute Gasteiger partial charge is 0.385 e. The molecule has 1 aromatic heterocycles. The molecule has 0 bridgehead atoms. The van der Waals surface area contributed by atoms with Crippen molar-refractivity contribution in [2.24, 2.45) is 0 Å². The molecule has 2 aromatic carbocycles. The van der Waals surface area contributed by atoms with E-state index in [4.69, 9.17) is 4.74 Å². The molecule has 1 amide bonds. The first-order valence-corrected chi connectivity index (χ1v) is 9.07. The number of nitrogens with zero attached hydrogens (tertiary/aromatic N) is 3. The Balaban J connectivity index is 2.01. The van der Waals surface area contributed by atoms with E-state index in [0.29, 0.717) is 31.0 Å². The van der Waals surface area contributed by atoms with Crippen molar-refractivity contribution in [2.75, 3.05) is 20.3 Å². The van der Waals surface area contributed by atoms with Gasteiger partial charge in [0, 0.05) is 25.8 Å². The highest BCUT2D eigenvalue weighted by molar-refractivity contribution is 5.91. The number of hydrogen-bond donors (Lipinski definition) is 1. The highest BCUT2D eigenvalue weighted by atomic mass is 19.1. The Morgan fingerprint density at radius 2 is 1.93 bits per heavy atom. The smallest absolute Gasteiger partial charge is 0.290 e. The molecule has 0 aliphatic carbocycles. The summed E-state index contributed by atoms with van der Waals surface area (Å²) >= 11 is 0. The second-order valence-corrected chi connectivity index (χ2v) is 6.57. The highest BCUT2D eigenvalue weighted by Crippen LogP contribution is 2.24. The van der Waals surface area contributed by atoms with Gasteiger partial charge in [-0.3, -0.25) is 4.79 Å². The molecule has 0 radical (unpaired) electrons. The normalized spacial score (nSPS) is 10.9. The third kappa shape index (κ3) is 4.43. The summed E-state index contributed by atoms with van der Waals surface area (Å²) in [7, 11) is 1.62. The van der Waals surface area contributed by atoms with Crippen LogP contribution in [0, 0.1) is 19.7 Å². The quantitative estimate of drug-likeness (QED) is 0.636. The summed E-state index contributed by atoms with van der Waals surface area (Å²) in [5.74, 6) is -0.144. The number of rotatable bonds is 7. The van der Waals surface area contributed by atoms with Crippen molar-refractivity contribution in [3.8, 4) is 17.1 Å². The zero-order valence-electron chi connectivity index (χ0n) is 16.2. The minimum atomic E-state index is -0.358. The van der Waals surface area contributed by atoms with Crippen molar-refractivity contribution in [1.29, 1.82) is 0 Å². The zero-order chi connectivity index (χ0) is 20.1. The first-order valence-electron chi connectivity index (χ1n) is 9.07. The summed E-state index contributed by atoms with van der Waals surface area (Å²) in [6, 6.07) is 12.0. The summed E-state index contributed by atoms with van der Waals surface area (Å²) in [6.45, 7) is 4.98. The molecule has 146 valence electrons. The molecule has 0 saturated carbocycles. The van der Waals surface area contributed by atoms with Crippen LogP contribution < -0.4 is 5.32 Å². The summed E-state index contributed by atoms with van der Waals surface area (Å²) in [5.41, 5.74) is 3.55. The molecule has 0 unspecified atom stereocenters. The van der Waals surface area contributed by atoms with Crippen LogP contribution in [-0.2, 0) is 4.74 Å². The standard InChI is InChI=1S/C21H23FN4O2/c1-14-5-6-15(2)18(13-14)26-20(16-7-9-17(22)10-8-16)24-19(25-26)21(27)23-11-4-12-28-3/h5-10,13H,4,11-12H2,1-3H3,(H,23,27). The lowest BCUT2D eigenvalue weighted by Crippen LogP contribution is -2.26. The maximum absolute atomic E-state index is 13.4. The number of halogens is 1. The van der Waals surface area contributed by atoms with Crippen LogP contribution in [0.4, 0.5) is 4.39 Å². The monoisotopic (exact) mass is 382 g/mol. The van der Waals surface area contributed by atoms with Gasteiger partial charge >= 0.3 is 0 Å². The molecule has 3 aromatic rings. The summed E-state index contributed by atoms with van der Waals surface area (Å²) in [5, 5.41) is 7.24. The fraction of sp³-hybridized carbons (Fsp3) is 0.286. The molecule has 0 atom stereocenters. The van der Waals surface area contributed by atoms with Gasteiger partial charge in [-0.2, -0.15) is 0 Å². The minimum absolute atomic E-state index is 0.0673. The van der Waals surface area contributed by atoms with E-state index in [-0.39, 0.29) is 17.5 Å². The molecule has 0 fully saturated rings. The molecule has 1 heterocycles. The Bertz CT molecular complexity index is 967. The molecule has 0 saturated heterocycles. The molecule has 3 rings (SSSR count). The number of aromatic nitrogens is 3. The van der Waals surface area contributed by atoms with E-state index in [1.165, 1.54) is 12.1 Å². The van der Waals surface area contributed by atoms with Crippen LogP contribution in [0.2, 0.25) is 0 Å². The fourth-order valence-corrected chi connectivity index (χ4v) is 2.81. The first-order chi connectivity index (χ1) is 13.5. The second-order valence-electron chi connectivity index (χ2n) is 6.57. The van der Waals surface area contributed by atoms with Gasteiger partial charge in [0.25, 0.3) is 5.91 Å². The number of aryl methyl sites for hydroxylation is 2. The zero-order valence-corrected chi connectivity index (χ0v) is 16.2. The van der Waals surface area contributed by atoms with Gasteiger partial charge in [0.2, 0.25) is 5.82 Å². The van der Waals surface area contributed by atoms with E-state index in [0.717, 1.165) is 16.8 Å². The van der Waals surface area contributed by atoms with Gasteiger partial charge in [-0.05, 0) is 61.7 Å². The van der Waals surface area contributed by atoms with E-state index in [9.17, 15) is 9.18 Å². The third-order valence-electron chi connectivity index (χ3n) is 4.32. The number of ether oxygens (including phenoxy) is 1. The highest BCUT2D eigenvalue weighted by Gasteiger charge is 2.19. The first kappa shape index (κ1) is 19.7. The topological polar surface area (TPSA) is 69.0 Å². The Morgan fingerprint density at radius 3 is 2.64 bits per heavy atom. The van der Waals surface area contributed by atoms with Crippen molar-refractivity contribution >= 4 is 5.91 Å². The average molecular weight is 382 g/mol. The van der Waals surface area contributed by atoms with Crippen molar-refractivity contribution in [3.05, 3.63) is 65.2 Å². The van der Waals surface area contributed by atoms with E-state index in [2.05, 4.69) is 15.4 Å². The van der Waals surface area contributed by atoms with Crippen LogP contribution in [-0.4, -0.2) is 40.9 Å². The van der Waals surface area contributed by atoms with Gasteiger partial charge in [-0.15, -0.1) is 5.10 Å². The molecule has 6 nitrogen and oxygen atoms in total. The number of methoxy groups -OCH3 is 1. The molecular weight excluding hydrogens is 359 g/mol. The number of amides is 1. The van der Waals surface area contributed by atoms with Gasteiger partial charge in [0.05, 0.1) is 5.69 Å². The molecule has 0 aliphatic heterocycles. The van der Waals surface area contributed by atoms with E-state index >= 15 is 0 Å². The number of nitrogens with one attached hydrogen (secondary N) is 1. The predicted molar refractivity (Wildman–Crippen MR) is 105 cm³/mol. The molecule has 0 aliphatic rings. The lowest BCUT2D eigenvalue weighted by molar-refractivity contribution is 0.0938. The van der Waals surface area contributed by atoms with Gasteiger partial charge in [0.15, 0.2) is 5.82 Å². The summed E-state index contributed by atoms with van der Waals surface area (Å²) < 4.78 is 20.0. The number of carbonyl (C=O) groups excluding carboxylic acids is 1. The van der Waals surface area contributed by atoms with Crippen LogP contribution in [0.3, 0.4) is 0 Å². The van der Waals surface area contributed by atoms with Crippen molar-refractivity contribution in [2.45, 2.75) is 20.3 Å². The SMILES string of the molecule is COCCCNC(=O)c1nc(-c2ccc(F)cc2)n(-c2cc(C)ccc2C)n1. The predicted octanol–water partition coefficient (Wildman–Crippen LogP) is 3.46. The lowest BCUT2D eigenvalue weighted by Gasteiger charge is -2.10. The minimum Gasteiger partial charge on any atom is -0.385 e. The van der Waals surface area contributed by atoms with Crippen LogP contribution in [0.15, 0.2) is 42.5 Å². The Kier molecular flexibility index (Phi) is 6.16. The van der Waals surface area contributed by atoms with Crippen LogP contribution >= 0.6 is 0 Å². The van der Waals surface area contributed by atoms with Crippen molar-refractivity contribution in [3.63, 3.8) is 0 Å². The fourth-order valence-electron chi connectivity index (χ4n) is 2.81. The molecule has 1 N–H and O–H groups in total. The van der Waals surface area contributed by atoms with Crippen molar-refractivity contribution < 1.29 is 13.9 Å². The van der Waals surface area contributed by atoms with Gasteiger partial charge in [-0.25, -0.2) is 14.1 Å². The Hall–Kier alpha value is -3.06. The molecule has 28 heavy (non-hydrogen) atoms. The van der Waals surface area contributed by atoms with Crippen LogP contribution in [0.1, 0.15) is 28.2 Å². The van der Waals surface area contributed by atoms with Gasteiger partial charge in [-0.1, -0.05) is 12.1 Å². The van der Waals surface area contributed by atoms with E-state index in [1.54, 1.807) is 23.9 Å². The Morgan fingerprint density at radius 1 is 1.18 bits per heavy atom. The summed E-state index contributed by atoms with van der Waals surface area (Å²) in [6.07, 6.45) is 0.699. The van der Waals surface area contributed by atoms with Gasteiger partial charge in [0.1, 0.15) is 5.82 Å². The Labute approximate surface area is 163 Å². The number of carbonyl (C=O) groups is 1. The average Bonchev–Trinajstić information content (AvgIpc) is 3.13. The molecule has 0 spiro atoms. The third-order valence-corrected chi connectivity index (χ3v) is 4.32. The second kappa shape index (κ2) is 8.75. The van der Waals surface area contributed by atoms with Crippen LogP contribution in [0.25, 0.3) is 17.1 Å². The van der Waals surface area contributed by atoms with Crippen molar-refractivity contribution in [1.82, 2.24) is 20.1 Å². The number of benzene rings is 2. The maximum Gasteiger partial charge on any atom is 0.290 e. The van der Waals surface area contributed by atoms with Crippen LogP contribution in [0.5, 0.6) is 0 Å². The maximum atomic E-state index is 13.4. The molecule has 7 heteroatoms. The number of hydrogen-bond acceptors (Lipinski definition) is 4. The summed E-state index contributed by atoms with van der Waals surface area (Å²) in [4.78, 5) is 16.9.